The third-order valence-corrected chi connectivity index (χ3v) is 3.97. The first kappa shape index (κ1) is 14.1. The number of hydrazine groups is 1. The summed E-state index contributed by atoms with van der Waals surface area (Å²) in [7, 11) is 0. The Morgan fingerprint density at radius 2 is 1.47 bits per heavy atom. The van der Waals surface area contributed by atoms with Gasteiger partial charge in [0.05, 0.1) is 6.04 Å². The molecular formula is C16H19ClN2. The normalized spacial score (nSPS) is 12.5. The molecule has 3 heteroatoms. The molecule has 0 spiro atoms. The molecule has 1 atom stereocenters. The molecule has 0 fully saturated rings. The van der Waals surface area contributed by atoms with E-state index in [2.05, 4.69) is 43.5 Å². The van der Waals surface area contributed by atoms with E-state index in [1.54, 1.807) is 0 Å². The van der Waals surface area contributed by atoms with E-state index in [1.165, 1.54) is 11.1 Å². The smallest absolute Gasteiger partial charge is 0.0710 e. The first-order chi connectivity index (χ1) is 9.02. The Balaban J connectivity index is 2.43. The number of hydrogen-bond acceptors (Lipinski definition) is 2. The topological polar surface area (TPSA) is 38.0 Å². The van der Waals surface area contributed by atoms with E-state index >= 15 is 0 Å². The first-order valence-electron chi connectivity index (χ1n) is 6.32. The molecule has 0 aromatic heterocycles. The van der Waals surface area contributed by atoms with Crippen LogP contribution in [0.2, 0.25) is 5.02 Å². The minimum absolute atomic E-state index is 0.0441. The molecule has 0 aliphatic rings. The second-order valence-electron chi connectivity index (χ2n) is 4.95. The average molecular weight is 275 g/mol. The van der Waals surface area contributed by atoms with Crippen molar-refractivity contribution in [3.8, 4) is 0 Å². The van der Waals surface area contributed by atoms with Gasteiger partial charge in [-0.1, -0.05) is 41.9 Å². The standard InChI is InChI=1S/C16H19ClN2/c1-10-4-6-13(8-12(10)3)16(19-18)14-7-5-11(2)15(17)9-14/h4-9,16,19H,18H2,1-3H3. The lowest BCUT2D eigenvalue weighted by Gasteiger charge is -2.18. The van der Waals surface area contributed by atoms with Crippen LogP contribution in [0.25, 0.3) is 0 Å². The van der Waals surface area contributed by atoms with Gasteiger partial charge >= 0.3 is 0 Å². The molecule has 2 rings (SSSR count). The molecule has 2 nitrogen and oxygen atoms in total. The highest BCUT2D eigenvalue weighted by Gasteiger charge is 2.13. The summed E-state index contributed by atoms with van der Waals surface area (Å²) in [5.41, 5.74) is 8.69. The first-order valence-corrected chi connectivity index (χ1v) is 6.70. The van der Waals surface area contributed by atoms with Crippen LogP contribution in [0.1, 0.15) is 33.9 Å². The van der Waals surface area contributed by atoms with Crippen molar-refractivity contribution in [3.05, 3.63) is 69.2 Å². The van der Waals surface area contributed by atoms with Crippen molar-refractivity contribution in [2.75, 3.05) is 0 Å². The maximum absolute atomic E-state index is 6.19. The van der Waals surface area contributed by atoms with Gasteiger partial charge < -0.3 is 0 Å². The minimum atomic E-state index is -0.0441. The van der Waals surface area contributed by atoms with Gasteiger partial charge in [-0.2, -0.15) is 0 Å². The van der Waals surface area contributed by atoms with Crippen LogP contribution in [0.4, 0.5) is 0 Å². The molecule has 0 radical (unpaired) electrons. The fraction of sp³-hybridized carbons (Fsp3) is 0.250. The van der Waals surface area contributed by atoms with Crippen LogP contribution < -0.4 is 11.3 Å². The van der Waals surface area contributed by atoms with E-state index < -0.39 is 0 Å². The Labute approximate surface area is 119 Å². The molecule has 0 saturated carbocycles. The van der Waals surface area contributed by atoms with Crippen molar-refractivity contribution in [2.45, 2.75) is 26.8 Å². The maximum Gasteiger partial charge on any atom is 0.0710 e. The van der Waals surface area contributed by atoms with Gasteiger partial charge in [0.15, 0.2) is 0 Å². The number of nitrogens with two attached hydrogens (primary N) is 1. The number of hydrogen-bond donors (Lipinski definition) is 2. The molecule has 0 amide bonds. The van der Waals surface area contributed by atoms with Gasteiger partial charge in [0.25, 0.3) is 0 Å². The van der Waals surface area contributed by atoms with E-state index in [9.17, 15) is 0 Å². The van der Waals surface area contributed by atoms with Crippen molar-refractivity contribution < 1.29 is 0 Å². The van der Waals surface area contributed by atoms with Crippen molar-refractivity contribution in [1.29, 1.82) is 0 Å². The van der Waals surface area contributed by atoms with Crippen LogP contribution in [0, 0.1) is 20.8 Å². The zero-order valence-corrected chi connectivity index (χ0v) is 12.3. The Bertz CT molecular complexity index is 542. The molecule has 19 heavy (non-hydrogen) atoms. The summed E-state index contributed by atoms with van der Waals surface area (Å²) in [5.74, 6) is 5.72. The fourth-order valence-corrected chi connectivity index (χ4v) is 2.31. The van der Waals surface area contributed by atoms with Gasteiger partial charge in [0, 0.05) is 5.02 Å². The van der Waals surface area contributed by atoms with Crippen LogP contribution in [-0.2, 0) is 0 Å². The molecule has 0 heterocycles. The number of halogens is 1. The van der Waals surface area contributed by atoms with Crippen LogP contribution >= 0.6 is 11.6 Å². The number of nitrogens with one attached hydrogen (secondary N) is 1. The Morgan fingerprint density at radius 3 is 2.00 bits per heavy atom. The number of rotatable bonds is 3. The molecule has 0 aliphatic carbocycles. The van der Waals surface area contributed by atoms with Crippen LogP contribution in [0.3, 0.4) is 0 Å². The molecule has 0 bridgehead atoms. The maximum atomic E-state index is 6.19. The predicted octanol–water partition coefficient (Wildman–Crippen LogP) is 3.82. The highest BCUT2D eigenvalue weighted by Crippen LogP contribution is 2.26. The third kappa shape index (κ3) is 2.98. The summed E-state index contributed by atoms with van der Waals surface area (Å²) in [6.07, 6.45) is 0. The summed E-state index contributed by atoms with van der Waals surface area (Å²) in [4.78, 5) is 0. The highest BCUT2D eigenvalue weighted by molar-refractivity contribution is 6.31. The molecule has 0 aliphatic heterocycles. The predicted molar refractivity (Wildman–Crippen MR) is 81.3 cm³/mol. The van der Waals surface area contributed by atoms with Gasteiger partial charge in [0.1, 0.15) is 0 Å². The third-order valence-electron chi connectivity index (χ3n) is 3.56. The second kappa shape index (κ2) is 5.74. The van der Waals surface area contributed by atoms with E-state index in [1.807, 2.05) is 19.1 Å². The molecular weight excluding hydrogens is 256 g/mol. The number of benzene rings is 2. The summed E-state index contributed by atoms with van der Waals surface area (Å²) < 4.78 is 0. The highest BCUT2D eigenvalue weighted by atomic mass is 35.5. The van der Waals surface area contributed by atoms with Gasteiger partial charge in [-0.15, -0.1) is 0 Å². The van der Waals surface area contributed by atoms with E-state index in [4.69, 9.17) is 17.4 Å². The van der Waals surface area contributed by atoms with Crippen molar-refractivity contribution in [2.24, 2.45) is 5.84 Å². The average Bonchev–Trinajstić information content (AvgIpc) is 2.39. The summed E-state index contributed by atoms with van der Waals surface area (Å²) in [6, 6.07) is 12.4. The Kier molecular flexibility index (Phi) is 4.25. The van der Waals surface area contributed by atoms with Crippen LogP contribution in [0.5, 0.6) is 0 Å². The van der Waals surface area contributed by atoms with E-state index in [0.717, 1.165) is 21.7 Å². The molecule has 3 N–H and O–H groups in total. The quantitative estimate of drug-likeness (QED) is 0.660. The molecule has 0 saturated heterocycles. The van der Waals surface area contributed by atoms with E-state index in [-0.39, 0.29) is 6.04 Å². The van der Waals surface area contributed by atoms with E-state index in [0.29, 0.717) is 0 Å². The molecule has 2 aromatic rings. The molecule has 1 unspecified atom stereocenters. The number of aryl methyl sites for hydroxylation is 3. The SMILES string of the molecule is Cc1ccc(C(NN)c2ccc(C)c(Cl)c2)cc1C. The van der Waals surface area contributed by atoms with Gasteiger partial charge in [-0.05, 0) is 54.7 Å². The van der Waals surface area contributed by atoms with Crippen LogP contribution in [0.15, 0.2) is 36.4 Å². The molecule has 2 aromatic carbocycles. The lowest BCUT2D eigenvalue weighted by molar-refractivity contribution is 0.636. The summed E-state index contributed by atoms with van der Waals surface area (Å²) in [6.45, 7) is 6.20. The Morgan fingerprint density at radius 1 is 0.895 bits per heavy atom. The molecule has 100 valence electrons. The van der Waals surface area contributed by atoms with Gasteiger partial charge in [-0.25, -0.2) is 5.43 Å². The van der Waals surface area contributed by atoms with Crippen molar-refractivity contribution in [1.82, 2.24) is 5.43 Å². The van der Waals surface area contributed by atoms with Crippen LogP contribution in [-0.4, -0.2) is 0 Å². The summed E-state index contributed by atoms with van der Waals surface area (Å²) in [5, 5.41) is 0.765. The fourth-order valence-electron chi connectivity index (χ4n) is 2.12. The zero-order valence-electron chi connectivity index (χ0n) is 11.5. The lowest BCUT2D eigenvalue weighted by Crippen LogP contribution is -2.28. The lowest BCUT2D eigenvalue weighted by atomic mass is 9.95. The largest absolute Gasteiger partial charge is 0.271 e. The van der Waals surface area contributed by atoms with Crippen molar-refractivity contribution >= 4 is 11.6 Å². The second-order valence-corrected chi connectivity index (χ2v) is 5.36. The Hall–Kier alpha value is -1.35. The monoisotopic (exact) mass is 274 g/mol. The van der Waals surface area contributed by atoms with Gasteiger partial charge in [-0.3, -0.25) is 5.84 Å². The van der Waals surface area contributed by atoms with Gasteiger partial charge in [0.2, 0.25) is 0 Å². The van der Waals surface area contributed by atoms with Crippen molar-refractivity contribution in [3.63, 3.8) is 0 Å². The minimum Gasteiger partial charge on any atom is -0.271 e. The summed E-state index contributed by atoms with van der Waals surface area (Å²) >= 11 is 6.19. The zero-order chi connectivity index (χ0) is 14.0.